The van der Waals surface area contributed by atoms with Crippen LogP contribution in [0.25, 0.3) is 54.2 Å². The Morgan fingerprint density at radius 3 is 0.935 bits per heavy atom. The van der Waals surface area contributed by atoms with Gasteiger partial charge in [0.1, 0.15) is 45.8 Å². The van der Waals surface area contributed by atoms with Crippen molar-refractivity contribution in [1.82, 2.24) is 0 Å². The van der Waals surface area contributed by atoms with Gasteiger partial charge in [0.05, 0.1) is 0 Å². The van der Waals surface area contributed by atoms with E-state index >= 15 is 0 Å². The van der Waals surface area contributed by atoms with Crippen LogP contribution in [0, 0.1) is 0 Å². The highest BCUT2D eigenvalue weighted by molar-refractivity contribution is 7.43. The van der Waals surface area contributed by atoms with Gasteiger partial charge in [-0.3, -0.25) is 0 Å². The zero-order chi connectivity index (χ0) is 54.3. The second kappa shape index (κ2) is 21.3. The van der Waals surface area contributed by atoms with Crippen molar-refractivity contribution in [3.05, 3.63) is 211 Å². The SMILES string of the molecule is CC(C)(C)Oc1cc(-c2cc(C(C)(C)C)cc(C(C)(C)C)c2OP(Oc2cccc3ccccc23)Oc2cccc3ccccc23)c(OP(Oc2cccc3ccccc23)Oc2cccc3ccccc23)c(C(C)(C)C)c1. The van der Waals surface area contributed by atoms with Crippen LogP contribution >= 0.6 is 17.2 Å². The molecule has 10 aromatic rings. The first-order valence-corrected chi connectivity index (χ1v) is 28.5. The maximum absolute atomic E-state index is 7.61. The molecule has 0 atom stereocenters. The molecule has 9 heteroatoms. The van der Waals surface area contributed by atoms with E-state index in [1.165, 1.54) is 0 Å². The van der Waals surface area contributed by atoms with E-state index in [4.69, 9.17) is 31.9 Å². The van der Waals surface area contributed by atoms with Crippen LogP contribution in [0.3, 0.4) is 0 Å². The van der Waals surface area contributed by atoms with E-state index in [0.717, 1.165) is 70.9 Å². The number of fused-ring (bicyclic) bond motifs is 4. The van der Waals surface area contributed by atoms with Crippen molar-refractivity contribution in [2.24, 2.45) is 0 Å². The lowest BCUT2D eigenvalue weighted by Crippen LogP contribution is -2.24. The first-order chi connectivity index (χ1) is 36.7. The average molecular weight is 1060 g/mol. The monoisotopic (exact) mass is 1060 g/mol. The van der Waals surface area contributed by atoms with Gasteiger partial charge in [0.15, 0.2) is 0 Å². The molecule has 392 valence electrons. The quantitative estimate of drug-likeness (QED) is 0.101. The van der Waals surface area contributed by atoms with Gasteiger partial charge in [-0.2, -0.15) is 0 Å². The maximum atomic E-state index is 7.61. The Bertz CT molecular complexity index is 3580. The van der Waals surface area contributed by atoms with Crippen molar-refractivity contribution in [3.8, 4) is 51.4 Å². The summed E-state index contributed by atoms with van der Waals surface area (Å²) in [5, 5.41) is 7.90. The molecule has 0 radical (unpaired) electrons. The standard InChI is InChI=1S/C68H68O7P2/c1-65(2,3)49-41-55(63(57(42-49)66(4,5)6)74-76(70-59-37-21-29-45-25-13-17-33-51(45)59)71-60-38-22-30-46-26-14-18-34-52(46)60)56-43-50(69-68(10,11)12)44-58(67(7,8)9)64(56)75-77(72-61-39-23-31-47-27-15-19-35-53(47)61)73-62-40-24-32-48-28-16-20-36-54(48)62/h13-44H,1-12H3. The lowest BCUT2D eigenvalue weighted by atomic mass is 9.77. The third-order valence-electron chi connectivity index (χ3n) is 13.4. The summed E-state index contributed by atoms with van der Waals surface area (Å²) >= 11 is 0. The van der Waals surface area contributed by atoms with E-state index in [1.54, 1.807) is 0 Å². The van der Waals surface area contributed by atoms with Gasteiger partial charge < -0.3 is 31.9 Å². The number of ether oxygens (including phenoxy) is 1. The molecule has 0 saturated heterocycles. The number of hydrogen-bond acceptors (Lipinski definition) is 7. The van der Waals surface area contributed by atoms with Crippen LogP contribution in [0.2, 0.25) is 0 Å². The Morgan fingerprint density at radius 1 is 0.299 bits per heavy atom. The Balaban J connectivity index is 1.24. The van der Waals surface area contributed by atoms with Crippen LogP contribution in [-0.2, 0) is 16.2 Å². The molecule has 0 aliphatic carbocycles. The molecular formula is C68H68O7P2. The highest BCUT2D eigenvalue weighted by Gasteiger charge is 2.36. The number of hydrogen-bond donors (Lipinski definition) is 0. The third kappa shape index (κ3) is 12.0. The number of rotatable bonds is 14. The third-order valence-corrected chi connectivity index (χ3v) is 15.4. The fourth-order valence-electron chi connectivity index (χ4n) is 9.47. The summed E-state index contributed by atoms with van der Waals surface area (Å²) in [4.78, 5) is 0. The summed E-state index contributed by atoms with van der Waals surface area (Å²) in [5.41, 5.74) is 2.63. The highest BCUT2D eigenvalue weighted by Crippen LogP contribution is 2.57. The van der Waals surface area contributed by atoms with Crippen molar-refractivity contribution in [1.29, 1.82) is 0 Å². The van der Waals surface area contributed by atoms with Crippen LogP contribution < -0.4 is 31.9 Å². The summed E-state index contributed by atoms with van der Waals surface area (Å²) in [5.74, 6) is 4.37. The molecule has 0 unspecified atom stereocenters. The van der Waals surface area contributed by atoms with Gasteiger partial charge in [0.2, 0.25) is 0 Å². The van der Waals surface area contributed by atoms with Gasteiger partial charge in [-0.15, -0.1) is 0 Å². The average Bonchev–Trinajstić information content (AvgIpc) is 3.40. The minimum atomic E-state index is -2.26. The normalized spacial score (nSPS) is 12.4. The topological polar surface area (TPSA) is 64.6 Å². The molecule has 7 nitrogen and oxygen atoms in total. The molecule has 0 saturated carbocycles. The maximum Gasteiger partial charge on any atom is 0.530 e. The molecule has 0 aliphatic rings. The van der Waals surface area contributed by atoms with Gasteiger partial charge in [-0.25, -0.2) is 0 Å². The molecule has 10 rings (SSSR count). The highest BCUT2D eigenvalue weighted by atomic mass is 31.2. The smallest absolute Gasteiger partial charge is 0.488 e. The van der Waals surface area contributed by atoms with Crippen LogP contribution in [0.15, 0.2) is 194 Å². The van der Waals surface area contributed by atoms with Crippen LogP contribution in [0.5, 0.6) is 40.2 Å². The summed E-state index contributed by atoms with van der Waals surface area (Å²) in [6.07, 6.45) is 0. The van der Waals surface area contributed by atoms with Crippen LogP contribution in [0.4, 0.5) is 0 Å². The second-order valence-electron chi connectivity index (χ2n) is 23.6. The van der Waals surface area contributed by atoms with Gasteiger partial charge >= 0.3 is 17.2 Å². The fraction of sp³-hybridized carbons (Fsp3) is 0.235. The molecule has 0 fully saturated rings. The van der Waals surface area contributed by atoms with Crippen molar-refractivity contribution in [2.45, 2.75) is 105 Å². The zero-order valence-corrected chi connectivity index (χ0v) is 48.0. The molecule has 0 bridgehead atoms. The summed E-state index contributed by atoms with van der Waals surface area (Å²) in [6.45, 7) is 26.2. The van der Waals surface area contributed by atoms with Crippen molar-refractivity contribution >= 4 is 60.3 Å². The molecule has 0 spiro atoms. The van der Waals surface area contributed by atoms with Crippen molar-refractivity contribution in [3.63, 3.8) is 0 Å². The molecular weight excluding hydrogens is 991 g/mol. The molecule has 77 heavy (non-hydrogen) atoms. The Kier molecular flexibility index (Phi) is 14.7. The molecule has 0 aromatic heterocycles. The van der Waals surface area contributed by atoms with Gasteiger partial charge in [0.25, 0.3) is 0 Å². The summed E-state index contributed by atoms with van der Waals surface area (Å²) < 4.78 is 50.6. The molecule has 0 amide bonds. The molecule has 0 heterocycles. The molecule has 0 aliphatic heterocycles. The van der Waals surface area contributed by atoms with E-state index in [1.807, 2.05) is 97.1 Å². The Hall–Kier alpha value is -7.30. The van der Waals surface area contributed by atoms with Gasteiger partial charge in [0, 0.05) is 43.8 Å². The Morgan fingerprint density at radius 2 is 0.610 bits per heavy atom. The first-order valence-electron chi connectivity index (χ1n) is 26.3. The molecule has 0 N–H and O–H groups in total. The minimum Gasteiger partial charge on any atom is -0.488 e. The van der Waals surface area contributed by atoms with E-state index in [2.05, 4.69) is 180 Å². The predicted octanol–water partition coefficient (Wildman–Crippen LogP) is 20.6. The van der Waals surface area contributed by atoms with Crippen LogP contribution in [0.1, 0.15) is 99.8 Å². The summed E-state index contributed by atoms with van der Waals surface area (Å²) in [6, 6.07) is 65.8. The first kappa shape index (κ1) is 53.1. The molecule has 10 aromatic carbocycles. The summed E-state index contributed by atoms with van der Waals surface area (Å²) in [7, 11) is -4.51. The van der Waals surface area contributed by atoms with Crippen molar-refractivity contribution in [2.75, 3.05) is 0 Å². The van der Waals surface area contributed by atoms with E-state index in [0.29, 0.717) is 40.2 Å². The van der Waals surface area contributed by atoms with E-state index in [-0.39, 0.29) is 5.41 Å². The van der Waals surface area contributed by atoms with E-state index in [9.17, 15) is 0 Å². The fourth-order valence-corrected chi connectivity index (χ4v) is 11.7. The van der Waals surface area contributed by atoms with Crippen LogP contribution in [-0.4, -0.2) is 5.60 Å². The lowest BCUT2D eigenvalue weighted by Gasteiger charge is -2.33. The van der Waals surface area contributed by atoms with Gasteiger partial charge in [-0.05, 0) is 107 Å². The number of benzene rings is 10. The lowest BCUT2D eigenvalue weighted by molar-refractivity contribution is 0.130. The predicted molar refractivity (Wildman–Crippen MR) is 322 cm³/mol. The minimum absolute atomic E-state index is 0.300. The van der Waals surface area contributed by atoms with Gasteiger partial charge in [-0.1, -0.05) is 214 Å². The van der Waals surface area contributed by atoms with Crippen molar-refractivity contribution < 1.29 is 31.9 Å². The Labute approximate surface area is 457 Å². The largest absolute Gasteiger partial charge is 0.530 e. The second-order valence-corrected chi connectivity index (χ2v) is 25.6. The zero-order valence-electron chi connectivity index (χ0n) is 46.2. The van der Waals surface area contributed by atoms with E-state index < -0.39 is 33.6 Å².